The van der Waals surface area contributed by atoms with Gasteiger partial charge in [-0.25, -0.2) is 9.59 Å². The zero-order chi connectivity index (χ0) is 11.4. The summed E-state index contributed by atoms with van der Waals surface area (Å²) in [5, 5.41) is 0. The lowest BCUT2D eigenvalue weighted by Gasteiger charge is -2.21. The van der Waals surface area contributed by atoms with E-state index in [0.29, 0.717) is 13.0 Å². The van der Waals surface area contributed by atoms with Crippen LogP contribution in [-0.4, -0.2) is 43.8 Å². The van der Waals surface area contributed by atoms with Crippen molar-refractivity contribution in [2.45, 2.75) is 19.4 Å². The number of likely N-dealkylation sites (tertiary alicyclic amines) is 1. The molecule has 1 saturated heterocycles. The largest absolute Gasteiger partial charge is 0.467 e. The number of carbonyl (C=O) groups excluding carboxylic acids is 2. The molecular weight excluding hydrogens is 198 g/mol. The topological polar surface area (TPSA) is 55.8 Å². The van der Waals surface area contributed by atoms with Crippen LogP contribution in [0.25, 0.3) is 0 Å². The lowest BCUT2D eigenvalue weighted by molar-refractivity contribution is -0.144. The third-order valence-electron chi connectivity index (χ3n) is 2.51. The third kappa shape index (κ3) is 2.11. The average Bonchev–Trinajstić information content (AvgIpc) is 2.70. The molecule has 15 heavy (non-hydrogen) atoms. The molecule has 0 aromatic heterocycles. The van der Waals surface area contributed by atoms with E-state index in [2.05, 4.69) is 9.47 Å². The van der Waals surface area contributed by atoms with Crippen molar-refractivity contribution in [2.75, 3.05) is 20.8 Å². The van der Waals surface area contributed by atoms with Gasteiger partial charge in [0.2, 0.25) is 0 Å². The number of nitrogens with zero attached hydrogens (tertiary/aromatic N) is 1. The van der Waals surface area contributed by atoms with Crippen LogP contribution in [0.2, 0.25) is 0 Å². The second-order valence-corrected chi connectivity index (χ2v) is 3.20. The van der Waals surface area contributed by atoms with E-state index in [0.717, 1.165) is 5.57 Å². The molecule has 0 saturated carbocycles. The fraction of sp³-hybridized carbons (Fsp3) is 0.600. The van der Waals surface area contributed by atoms with Crippen molar-refractivity contribution in [1.29, 1.82) is 0 Å². The summed E-state index contributed by atoms with van der Waals surface area (Å²) in [4.78, 5) is 24.3. The van der Waals surface area contributed by atoms with Crippen LogP contribution in [0, 0.1) is 0 Å². The van der Waals surface area contributed by atoms with Crippen LogP contribution in [0.5, 0.6) is 0 Å². The molecule has 0 aromatic carbocycles. The number of rotatable bonds is 1. The highest BCUT2D eigenvalue weighted by atomic mass is 16.5. The molecule has 0 N–H and O–H groups in total. The van der Waals surface area contributed by atoms with Gasteiger partial charge in [0.05, 0.1) is 14.2 Å². The van der Waals surface area contributed by atoms with Gasteiger partial charge in [0.1, 0.15) is 0 Å². The summed E-state index contributed by atoms with van der Waals surface area (Å²) in [5.74, 6) is -0.425. The number of hydrogen-bond acceptors (Lipinski definition) is 4. The predicted molar refractivity (Wildman–Crippen MR) is 53.3 cm³/mol. The number of allylic oxidation sites excluding steroid dienone is 1. The van der Waals surface area contributed by atoms with Crippen molar-refractivity contribution in [3.8, 4) is 0 Å². The van der Waals surface area contributed by atoms with Crippen LogP contribution in [0.3, 0.4) is 0 Å². The standard InChI is InChI=1S/C10H15NO4/c1-4-7-5-6-11(10(13)15-3)8(7)9(12)14-2/h4,8H,5-6H2,1-3H3/b7-4+. The summed E-state index contributed by atoms with van der Waals surface area (Å²) in [6, 6.07) is -0.618. The molecule has 84 valence electrons. The fourth-order valence-electron chi connectivity index (χ4n) is 1.72. The van der Waals surface area contributed by atoms with Crippen LogP contribution in [-0.2, 0) is 14.3 Å². The van der Waals surface area contributed by atoms with Gasteiger partial charge < -0.3 is 9.47 Å². The number of ether oxygens (including phenoxy) is 2. The van der Waals surface area contributed by atoms with Gasteiger partial charge in [0.15, 0.2) is 6.04 Å². The van der Waals surface area contributed by atoms with E-state index < -0.39 is 18.1 Å². The van der Waals surface area contributed by atoms with Crippen LogP contribution < -0.4 is 0 Å². The molecular formula is C10H15NO4. The summed E-state index contributed by atoms with van der Waals surface area (Å²) in [5.41, 5.74) is 0.896. The Kier molecular flexibility index (Phi) is 3.71. The smallest absolute Gasteiger partial charge is 0.410 e. The van der Waals surface area contributed by atoms with Gasteiger partial charge in [0, 0.05) is 6.54 Å². The molecule has 1 aliphatic heterocycles. The van der Waals surface area contributed by atoms with Gasteiger partial charge in [-0.1, -0.05) is 6.08 Å². The van der Waals surface area contributed by atoms with E-state index >= 15 is 0 Å². The van der Waals surface area contributed by atoms with E-state index in [-0.39, 0.29) is 0 Å². The molecule has 1 amide bonds. The molecule has 0 radical (unpaired) electrons. The highest BCUT2D eigenvalue weighted by molar-refractivity contribution is 5.85. The van der Waals surface area contributed by atoms with Crippen molar-refractivity contribution in [3.05, 3.63) is 11.6 Å². The van der Waals surface area contributed by atoms with Crippen molar-refractivity contribution in [2.24, 2.45) is 0 Å². The monoisotopic (exact) mass is 213 g/mol. The molecule has 1 unspecified atom stereocenters. The maximum Gasteiger partial charge on any atom is 0.410 e. The van der Waals surface area contributed by atoms with Crippen molar-refractivity contribution in [1.82, 2.24) is 4.90 Å². The molecule has 0 bridgehead atoms. The summed E-state index contributed by atoms with van der Waals surface area (Å²) in [7, 11) is 2.60. The maximum absolute atomic E-state index is 11.5. The van der Waals surface area contributed by atoms with E-state index in [9.17, 15) is 9.59 Å². The van der Waals surface area contributed by atoms with Gasteiger partial charge >= 0.3 is 12.1 Å². The summed E-state index contributed by atoms with van der Waals surface area (Å²) >= 11 is 0. The fourth-order valence-corrected chi connectivity index (χ4v) is 1.72. The lowest BCUT2D eigenvalue weighted by atomic mass is 10.1. The Balaban J connectivity index is 2.91. The zero-order valence-corrected chi connectivity index (χ0v) is 9.15. The quantitative estimate of drug-likeness (QED) is 0.480. The molecule has 0 aromatic rings. The highest BCUT2D eigenvalue weighted by Gasteiger charge is 2.38. The number of esters is 1. The van der Waals surface area contributed by atoms with Crippen molar-refractivity contribution >= 4 is 12.1 Å². The van der Waals surface area contributed by atoms with E-state index in [1.165, 1.54) is 19.1 Å². The maximum atomic E-state index is 11.5. The molecule has 0 spiro atoms. The molecule has 0 aliphatic carbocycles. The van der Waals surface area contributed by atoms with Crippen LogP contribution in [0.15, 0.2) is 11.6 Å². The number of carbonyl (C=O) groups is 2. The Morgan fingerprint density at radius 3 is 2.53 bits per heavy atom. The first-order valence-electron chi connectivity index (χ1n) is 4.73. The van der Waals surface area contributed by atoms with Gasteiger partial charge in [-0.05, 0) is 18.9 Å². The second kappa shape index (κ2) is 4.82. The Morgan fingerprint density at radius 2 is 2.07 bits per heavy atom. The van der Waals surface area contributed by atoms with Gasteiger partial charge in [0.25, 0.3) is 0 Å². The number of amides is 1. The predicted octanol–water partition coefficient (Wildman–Crippen LogP) is 0.946. The molecule has 1 heterocycles. The molecule has 1 aliphatic rings. The van der Waals surface area contributed by atoms with E-state index in [4.69, 9.17) is 0 Å². The summed E-state index contributed by atoms with van der Waals surface area (Å²) in [6.07, 6.45) is 2.03. The van der Waals surface area contributed by atoms with Crippen LogP contribution >= 0.6 is 0 Å². The zero-order valence-electron chi connectivity index (χ0n) is 9.15. The molecule has 1 fully saturated rings. The number of hydrogen-bond donors (Lipinski definition) is 0. The second-order valence-electron chi connectivity index (χ2n) is 3.20. The first-order valence-corrected chi connectivity index (χ1v) is 4.73. The lowest BCUT2D eigenvalue weighted by Crippen LogP contribution is -2.41. The minimum Gasteiger partial charge on any atom is -0.467 e. The van der Waals surface area contributed by atoms with E-state index in [1.807, 2.05) is 13.0 Å². The van der Waals surface area contributed by atoms with Gasteiger partial charge in [-0.3, -0.25) is 4.90 Å². The van der Waals surface area contributed by atoms with E-state index in [1.54, 1.807) is 0 Å². The molecule has 1 rings (SSSR count). The Morgan fingerprint density at radius 1 is 1.40 bits per heavy atom. The third-order valence-corrected chi connectivity index (χ3v) is 2.51. The van der Waals surface area contributed by atoms with Crippen LogP contribution in [0.4, 0.5) is 4.79 Å². The average molecular weight is 213 g/mol. The summed E-state index contributed by atoms with van der Waals surface area (Å²) in [6.45, 7) is 2.33. The first-order chi connectivity index (χ1) is 7.15. The minimum atomic E-state index is -0.618. The van der Waals surface area contributed by atoms with Gasteiger partial charge in [-0.2, -0.15) is 0 Å². The molecule has 1 atom stereocenters. The molecule has 5 heteroatoms. The normalized spacial score (nSPS) is 23.0. The highest BCUT2D eigenvalue weighted by Crippen LogP contribution is 2.25. The van der Waals surface area contributed by atoms with Crippen LogP contribution in [0.1, 0.15) is 13.3 Å². The molecule has 5 nitrogen and oxygen atoms in total. The Hall–Kier alpha value is -1.52. The van der Waals surface area contributed by atoms with Gasteiger partial charge in [-0.15, -0.1) is 0 Å². The summed E-state index contributed by atoms with van der Waals surface area (Å²) < 4.78 is 9.27. The first kappa shape index (κ1) is 11.6. The van der Waals surface area contributed by atoms with Crippen molar-refractivity contribution in [3.63, 3.8) is 0 Å². The minimum absolute atomic E-state index is 0.425. The number of methoxy groups -OCH3 is 2. The SMILES string of the molecule is C/C=C1\CCN(C(=O)OC)C1C(=O)OC. The Bertz CT molecular complexity index is 298. The van der Waals surface area contributed by atoms with Crippen molar-refractivity contribution < 1.29 is 19.1 Å². The Labute approximate surface area is 88.6 Å².